The van der Waals surface area contributed by atoms with Gasteiger partial charge in [0, 0.05) is 28.9 Å². The van der Waals surface area contributed by atoms with E-state index in [1.54, 1.807) is 42.7 Å². The zero-order chi connectivity index (χ0) is 22.3. The molecule has 0 amide bonds. The Kier molecular flexibility index (Phi) is 5.45. The monoisotopic (exact) mass is 462 g/mol. The summed E-state index contributed by atoms with van der Waals surface area (Å²) < 4.78 is 40.7. The van der Waals surface area contributed by atoms with Crippen LogP contribution in [0.1, 0.15) is 21.6 Å². The van der Waals surface area contributed by atoms with Gasteiger partial charge in [0.05, 0.1) is 34.3 Å². The number of alkyl halides is 3. The average Bonchev–Trinajstić information content (AvgIpc) is 3.03. The molecular weight excluding hydrogens is 449 g/mol. The molecule has 0 saturated heterocycles. The minimum absolute atomic E-state index is 0.195. The maximum absolute atomic E-state index is 13.6. The van der Waals surface area contributed by atoms with E-state index >= 15 is 0 Å². The highest BCUT2D eigenvalue weighted by atomic mass is 35.5. The average molecular weight is 463 g/mol. The van der Waals surface area contributed by atoms with Crippen molar-refractivity contribution >= 4 is 39.4 Å². The summed E-state index contributed by atoms with van der Waals surface area (Å²) in [6.07, 6.45) is -1.59. The number of fused-ring (bicyclic) bond motifs is 1. The topological polar surface area (TPSA) is 68.8 Å². The SMILES string of the molecule is Cc1[nH]c2cc(Cl)ccc2c1[S+](c1cccnc1)c1cc(C(=O)[O-])cc(C(F)(F)F)c1. The predicted molar refractivity (Wildman–Crippen MR) is 110 cm³/mol. The van der Waals surface area contributed by atoms with Gasteiger partial charge >= 0.3 is 6.18 Å². The number of hydrogen-bond donors (Lipinski definition) is 1. The Hall–Kier alpha value is -2.97. The van der Waals surface area contributed by atoms with Crippen LogP contribution in [0.25, 0.3) is 10.9 Å². The molecule has 9 heteroatoms. The molecule has 0 aliphatic rings. The molecule has 0 bridgehead atoms. The van der Waals surface area contributed by atoms with Crippen LogP contribution in [-0.4, -0.2) is 15.9 Å². The summed E-state index contributed by atoms with van der Waals surface area (Å²) in [4.78, 5) is 20.4. The van der Waals surface area contributed by atoms with Crippen molar-refractivity contribution in [3.63, 3.8) is 0 Å². The first-order valence-corrected chi connectivity index (χ1v) is 10.6. The summed E-state index contributed by atoms with van der Waals surface area (Å²) in [6, 6.07) is 11.5. The highest BCUT2D eigenvalue weighted by Gasteiger charge is 2.38. The van der Waals surface area contributed by atoms with Gasteiger partial charge in [0.25, 0.3) is 0 Å². The van der Waals surface area contributed by atoms with Gasteiger partial charge in [-0.15, -0.1) is 0 Å². The third-order valence-electron chi connectivity index (χ3n) is 4.67. The predicted octanol–water partition coefficient (Wildman–Crippen LogP) is 5.00. The Morgan fingerprint density at radius 2 is 1.90 bits per heavy atom. The maximum Gasteiger partial charge on any atom is 0.416 e. The molecule has 4 nitrogen and oxygen atoms in total. The van der Waals surface area contributed by atoms with Crippen LogP contribution >= 0.6 is 11.6 Å². The standard InChI is InChI=1S/C22H14ClF3N2O2S/c1-12-20(18-5-4-15(23)10-19(18)28-12)31(16-3-2-6-27-11-16)17-8-13(21(29)30)7-14(9-17)22(24,25)26/h2-11,28H,1H3. The normalized spacial score (nSPS) is 12.8. The lowest BCUT2D eigenvalue weighted by Gasteiger charge is -2.14. The number of aromatic carboxylic acids is 1. The van der Waals surface area contributed by atoms with Crippen LogP contribution in [0.2, 0.25) is 5.02 Å². The number of rotatable bonds is 4. The smallest absolute Gasteiger partial charge is 0.416 e. The second-order valence-electron chi connectivity index (χ2n) is 6.80. The van der Waals surface area contributed by atoms with E-state index in [4.69, 9.17) is 11.6 Å². The van der Waals surface area contributed by atoms with Crippen LogP contribution in [0.3, 0.4) is 0 Å². The molecule has 0 fully saturated rings. The van der Waals surface area contributed by atoms with E-state index in [9.17, 15) is 23.1 Å². The van der Waals surface area contributed by atoms with E-state index in [-0.39, 0.29) is 4.90 Å². The number of benzene rings is 2. The van der Waals surface area contributed by atoms with E-state index in [0.717, 1.165) is 27.6 Å². The van der Waals surface area contributed by atoms with Crippen LogP contribution in [-0.2, 0) is 17.1 Å². The molecule has 158 valence electrons. The van der Waals surface area contributed by atoms with Crippen molar-refractivity contribution in [3.05, 3.63) is 82.8 Å². The number of carbonyl (C=O) groups is 1. The fourth-order valence-electron chi connectivity index (χ4n) is 3.38. The molecule has 0 radical (unpaired) electrons. The molecule has 2 heterocycles. The highest BCUT2D eigenvalue weighted by molar-refractivity contribution is 7.97. The lowest BCUT2D eigenvalue weighted by atomic mass is 10.1. The third kappa shape index (κ3) is 4.13. The van der Waals surface area contributed by atoms with E-state index in [1.165, 1.54) is 6.07 Å². The van der Waals surface area contributed by atoms with Crippen molar-refractivity contribution in [2.45, 2.75) is 27.8 Å². The molecule has 1 atom stereocenters. The molecule has 0 aliphatic carbocycles. The van der Waals surface area contributed by atoms with Crippen LogP contribution < -0.4 is 5.11 Å². The van der Waals surface area contributed by atoms with Gasteiger partial charge in [-0.25, -0.2) is 0 Å². The van der Waals surface area contributed by atoms with Crippen LogP contribution in [0.15, 0.2) is 75.6 Å². The summed E-state index contributed by atoms with van der Waals surface area (Å²) >= 11 is 6.10. The number of nitrogens with one attached hydrogen (secondary N) is 1. The Balaban J connectivity index is 2.05. The van der Waals surface area contributed by atoms with Crippen molar-refractivity contribution in [3.8, 4) is 0 Å². The second kappa shape index (κ2) is 7.94. The first-order valence-electron chi connectivity index (χ1n) is 9.01. The van der Waals surface area contributed by atoms with Gasteiger partial charge in [-0.05, 0) is 43.3 Å². The first kappa shape index (κ1) is 21.3. The first-order chi connectivity index (χ1) is 14.6. The third-order valence-corrected chi connectivity index (χ3v) is 7.26. The number of aromatic amines is 1. The van der Waals surface area contributed by atoms with E-state index < -0.39 is 34.2 Å². The molecule has 2 aromatic heterocycles. The molecule has 2 aromatic carbocycles. The fourth-order valence-corrected chi connectivity index (χ4v) is 5.92. The maximum atomic E-state index is 13.6. The van der Waals surface area contributed by atoms with Crippen molar-refractivity contribution in [1.29, 1.82) is 0 Å². The van der Waals surface area contributed by atoms with Crippen molar-refractivity contribution in [1.82, 2.24) is 9.97 Å². The zero-order valence-electron chi connectivity index (χ0n) is 16.0. The zero-order valence-corrected chi connectivity index (χ0v) is 17.5. The van der Waals surface area contributed by atoms with Crippen molar-refractivity contribution in [2.75, 3.05) is 0 Å². The van der Waals surface area contributed by atoms with Gasteiger partial charge in [-0.1, -0.05) is 11.6 Å². The molecule has 4 aromatic rings. The number of halogens is 4. The van der Waals surface area contributed by atoms with Gasteiger partial charge in [-0.2, -0.15) is 13.2 Å². The number of aromatic nitrogens is 2. The number of hydrogen-bond acceptors (Lipinski definition) is 3. The Morgan fingerprint density at radius 3 is 2.55 bits per heavy atom. The summed E-state index contributed by atoms with van der Waals surface area (Å²) in [5.74, 6) is -1.68. The Labute approximate surface area is 183 Å². The summed E-state index contributed by atoms with van der Waals surface area (Å²) in [6.45, 7) is 1.81. The van der Waals surface area contributed by atoms with Crippen LogP contribution in [0, 0.1) is 6.92 Å². The number of carbonyl (C=O) groups excluding carboxylic acids is 1. The van der Waals surface area contributed by atoms with Crippen LogP contribution in [0.4, 0.5) is 13.2 Å². The quantitative estimate of drug-likeness (QED) is 0.434. The molecule has 4 rings (SSSR count). The van der Waals surface area contributed by atoms with Crippen molar-refractivity contribution < 1.29 is 23.1 Å². The Morgan fingerprint density at radius 1 is 1.13 bits per heavy atom. The summed E-state index contributed by atoms with van der Waals surface area (Å²) in [7, 11) is -1.08. The molecule has 0 saturated carbocycles. The van der Waals surface area contributed by atoms with Gasteiger partial charge in [0.15, 0.2) is 14.7 Å². The van der Waals surface area contributed by atoms with Crippen molar-refractivity contribution in [2.24, 2.45) is 0 Å². The largest absolute Gasteiger partial charge is 0.545 e. The number of carboxylic acid groups (broad SMARTS) is 1. The number of carboxylic acids is 1. The van der Waals surface area contributed by atoms with E-state index in [2.05, 4.69) is 9.97 Å². The lowest BCUT2D eigenvalue weighted by molar-refractivity contribution is -0.255. The molecule has 31 heavy (non-hydrogen) atoms. The number of pyridine rings is 1. The number of aryl methyl sites for hydroxylation is 1. The molecule has 1 unspecified atom stereocenters. The minimum atomic E-state index is -4.72. The van der Waals surface area contributed by atoms with Gasteiger partial charge in [-0.3, -0.25) is 4.98 Å². The lowest BCUT2D eigenvalue weighted by Crippen LogP contribution is -2.23. The van der Waals surface area contributed by atoms with Gasteiger partial charge in [0.2, 0.25) is 0 Å². The van der Waals surface area contributed by atoms with E-state index in [1.807, 2.05) is 6.92 Å². The fraction of sp³-hybridized carbons (Fsp3) is 0.0909. The number of H-pyrrole nitrogens is 1. The van der Waals surface area contributed by atoms with Crippen LogP contribution in [0.5, 0.6) is 0 Å². The molecule has 0 spiro atoms. The van der Waals surface area contributed by atoms with Gasteiger partial charge < -0.3 is 14.9 Å². The second-order valence-corrected chi connectivity index (χ2v) is 9.20. The summed E-state index contributed by atoms with van der Waals surface area (Å²) in [5.41, 5.74) is -0.122. The minimum Gasteiger partial charge on any atom is -0.545 e. The Bertz CT molecular complexity index is 1290. The summed E-state index contributed by atoms with van der Waals surface area (Å²) in [5, 5.41) is 12.8. The molecule has 1 N–H and O–H groups in total. The molecular formula is C22H14ClF3N2O2S. The highest BCUT2D eigenvalue weighted by Crippen LogP contribution is 2.40. The van der Waals surface area contributed by atoms with Gasteiger partial charge in [0.1, 0.15) is 10.9 Å². The van der Waals surface area contributed by atoms with E-state index in [0.29, 0.717) is 16.0 Å². The number of nitrogens with zero attached hydrogens (tertiary/aromatic N) is 1. The molecule has 0 aliphatic heterocycles.